The molecule has 0 radical (unpaired) electrons. The second-order valence-corrected chi connectivity index (χ2v) is 7.71. The smallest absolute Gasteiger partial charge is 0.243 e. The molecule has 1 aliphatic rings. The maximum Gasteiger partial charge on any atom is 0.243 e. The van der Waals surface area contributed by atoms with E-state index in [1.807, 2.05) is 26.0 Å². The molecule has 4 nitrogen and oxygen atoms in total. The number of rotatable bonds is 2. The highest BCUT2D eigenvalue weighted by atomic mass is 32.2. The first-order valence-corrected chi connectivity index (χ1v) is 8.71. The first-order valence-electron chi connectivity index (χ1n) is 7.27. The van der Waals surface area contributed by atoms with E-state index in [-0.39, 0.29) is 12.3 Å². The standard InChI is InChI=1S/C17H19NO3S/c1-12-3-7-15(8-4-12)22(20,21)18-10-9-14-6-5-13(2)17(19)16(14)11-18/h3-8,19H,9-11H2,1-2H3. The van der Waals surface area contributed by atoms with Crippen molar-refractivity contribution in [1.82, 2.24) is 4.31 Å². The molecule has 1 heterocycles. The van der Waals surface area contributed by atoms with Gasteiger partial charge in [0.25, 0.3) is 0 Å². The summed E-state index contributed by atoms with van der Waals surface area (Å²) in [4.78, 5) is 0.300. The van der Waals surface area contributed by atoms with Crippen LogP contribution in [0.2, 0.25) is 0 Å². The molecule has 1 N–H and O–H groups in total. The number of fused-ring (bicyclic) bond motifs is 1. The lowest BCUT2D eigenvalue weighted by atomic mass is 9.98. The van der Waals surface area contributed by atoms with Gasteiger partial charge in [-0.1, -0.05) is 29.8 Å². The summed E-state index contributed by atoms with van der Waals surface area (Å²) in [6.45, 7) is 4.40. The van der Waals surface area contributed by atoms with Gasteiger partial charge in [-0.15, -0.1) is 0 Å². The number of hydrogen-bond donors (Lipinski definition) is 1. The molecular formula is C17H19NO3S. The Bertz CT molecular complexity index is 811. The normalized spacial score (nSPS) is 15.5. The Hall–Kier alpha value is -1.85. The van der Waals surface area contributed by atoms with Gasteiger partial charge < -0.3 is 5.11 Å². The van der Waals surface area contributed by atoms with Crippen molar-refractivity contribution in [1.29, 1.82) is 0 Å². The van der Waals surface area contributed by atoms with E-state index < -0.39 is 10.0 Å². The van der Waals surface area contributed by atoms with Crippen LogP contribution in [0.25, 0.3) is 0 Å². The average Bonchev–Trinajstić information content (AvgIpc) is 2.51. The summed E-state index contributed by atoms with van der Waals surface area (Å²) in [5.74, 6) is 0.210. The first kappa shape index (κ1) is 15.1. The van der Waals surface area contributed by atoms with Crippen molar-refractivity contribution in [2.75, 3.05) is 6.54 Å². The van der Waals surface area contributed by atoms with E-state index in [0.717, 1.165) is 22.3 Å². The fourth-order valence-electron chi connectivity index (χ4n) is 2.77. The lowest BCUT2D eigenvalue weighted by Crippen LogP contribution is -2.36. The van der Waals surface area contributed by atoms with Crippen LogP contribution in [0.15, 0.2) is 41.3 Å². The molecule has 0 aromatic heterocycles. The van der Waals surface area contributed by atoms with Crippen molar-refractivity contribution >= 4 is 10.0 Å². The zero-order valence-corrected chi connectivity index (χ0v) is 13.5. The topological polar surface area (TPSA) is 57.6 Å². The summed E-state index contributed by atoms with van der Waals surface area (Å²) in [5, 5.41) is 10.2. The Kier molecular flexibility index (Phi) is 3.70. The molecule has 5 heteroatoms. The van der Waals surface area contributed by atoms with Crippen LogP contribution in [0.1, 0.15) is 22.3 Å². The average molecular weight is 317 g/mol. The van der Waals surface area contributed by atoms with Gasteiger partial charge in [0.1, 0.15) is 5.75 Å². The molecule has 2 aromatic carbocycles. The number of aryl methyl sites for hydroxylation is 2. The fraction of sp³-hybridized carbons (Fsp3) is 0.294. The highest BCUT2D eigenvalue weighted by Crippen LogP contribution is 2.32. The molecular weight excluding hydrogens is 298 g/mol. The molecule has 0 fully saturated rings. The second kappa shape index (κ2) is 5.41. The SMILES string of the molecule is Cc1ccc(S(=O)(=O)N2CCc3ccc(C)c(O)c3C2)cc1. The summed E-state index contributed by atoms with van der Waals surface area (Å²) in [6, 6.07) is 10.7. The van der Waals surface area contributed by atoms with Crippen LogP contribution in [0.4, 0.5) is 0 Å². The van der Waals surface area contributed by atoms with Gasteiger partial charge in [-0.3, -0.25) is 0 Å². The Balaban J connectivity index is 1.97. The van der Waals surface area contributed by atoms with Crippen LogP contribution in [-0.4, -0.2) is 24.4 Å². The predicted molar refractivity (Wildman–Crippen MR) is 85.3 cm³/mol. The Morgan fingerprint density at radius 2 is 1.73 bits per heavy atom. The van der Waals surface area contributed by atoms with Crippen LogP contribution in [-0.2, 0) is 23.0 Å². The Morgan fingerprint density at radius 3 is 2.41 bits per heavy atom. The maximum atomic E-state index is 12.7. The maximum absolute atomic E-state index is 12.7. The van der Waals surface area contributed by atoms with E-state index in [2.05, 4.69) is 0 Å². The molecule has 0 bridgehead atoms. The molecule has 0 amide bonds. The van der Waals surface area contributed by atoms with Crippen molar-refractivity contribution in [3.63, 3.8) is 0 Å². The van der Waals surface area contributed by atoms with Gasteiger partial charge in [0, 0.05) is 18.7 Å². The van der Waals surface area contributed by atoms with Crippen LogP contribution < -0.4 is 0 Å². The quantitative estimate of drug-likeness (QED) is 0.926. The number of aromatic hydroxyl groups is 1. The van der Waals surface area contributed by atoms with Crippen LogP contribution in [0, 0.1) is 13.8 Å². The van der Waals surface area contributed by atoms with E-state index in [1.54, 1.807) is 24.3 Å². The zero-order valence-electron chi connectivity index (χ0n) is 12.7. The van der Waals surface area contributed by atoms with Crippen molar-refractivity contribution < 1.29 is 13.5 Å². The molecule has 0 spiro atoms. The lowest BCUT2D eigenvalue weighted by Gasteiger charge is -2.29. The number of phenols is 1. The summed E-state index contributed by atoms with van der Waals surface area (Å²) >= 11 is 0. The first-order chi connectivity index (χ1) is 10.4. The fourth-order valence-corrected chi connectivity index (χ4v) is 4.18. The summed E-state index contributed by atoms with van der Waals surface area (Å²) in [6.07, 6.45) is 0.619. The molecule has 22 heavy (non-hydrogen) atoms. The molecule has 116 valence electrons. The predicted octanol–water partition coefficient (Wildman–Crippen LogP) is 2.76. The second-order valence-electron chi connectivity index (χ2n) is 5.77. The van der Waals surface area contributed by atoms with Gasteiger partial charge in [-0.2, -0.15) is 4.31 Å². The minimum atomic E-state index is -3.53. The molecule has 1 aliphatic heterocycles. The van der Waals surface area contributed by atoms with E-state index in [9.17, 15) is 13.5 Å². The van der Waals surface area contributed by atoms with Crippen molar-refractivity contribution in [3.8, 4) is 5.75 Å². The number of hydrogen-bond acceptors (Lipinski definition) is 3. The number of sulfonamides is 1. The largest absolute Gasteiger partial charge is 0.507 e. The van der Waals surface area contributed by atoms with Gasteiger partial charge in [0.2, 0.25) is 10.0 Å². The number of phenolic OH excluding ortho intramolecular Hbond substituents is 1. The molecule has 0 saturated heterocycles. The molecule has 2 aromatic rings. The van der Waals surface area contributed by atoms with Gasteiger partial charge in [-0.25, -0.2) is 8.42 Å². The van der Waals surface area contributed by atoms with E-state index in [1.165, 1.54) is 4.31 Å². The van der Waals surface area contributed by atoms with Crippen molar-refractivity contribution in [2.45, 2.75) is 31.7 Å². The van der Waals surface area contributed by atoms with Crippen molar-refractivity contribution in [3.05, 3.63) is 58.7 Å². The number of benzene rings is 2. The molecule has 0 unspecified atom stereocenters. The van der Waals surface area contributed by atoms with Crippen LogP contribution in [0.3, 0.4) is 0 Å². The van der Waals surface area contributed by atoms with Crippen LogP contribution >= 0.6 is 0 Å². The van der Waals surface area contributed by atoms with Crippen molar-refractivity contribution in [2.24, 2.45) is 0 Å². The van der Waals surface area contributed by atoms with E-state index in [0.29, 0.717) is 17.9 Å². The number of nitrogens with zero attached hydrogens (tertiary/aromatic N) is 1. The molecule has 3 rings (SSSR count). The molecule has 0 saturated carbocycles. The van der Waals surface area contributed by atoms with E-state index in [4.69, 9.17) is 0 Å². The Morgan fingerprint density at radius 1 is 1.05 bits per heavy atom. The minimum absolute atomic E-state index is 0.210. The monoisotopic (exact) mass is 317 g/mol. The van der Waals surface area contributed by atoms with Gasteiger partial charge in [-0.05, 0) is 43.5 Å². The molecule has 0 aliphatic carbocycles. The summed E-state index contributed by atoms with van der Waals surface area (Å²) < 4.78 is 26.9. The summed E-state index contributed by atoms with van der Waals surface area (Å²) in [5.41, 5.74) is 3.55. The summed E-state index contributed by atoms with van der Waals surface area (Å²) in [7, 11) is -3.53. The third-order valence-corrected chi connectivity index (χ3v) is 6.06. The van der Waals surface area contributed by atoms with Crippen LogP contribution in [0.5, 0.6) is 5.75 Å². The lowest BCUT2D eigenvalue weighted by molar-refractivity contribution is 0.375. The highest BCUT2D eigenvalue weighted by Gasteiger charge is 2.29. The zero-order chi connectivity index (χ0) is 15.9. The minimum Gasteiger partial charge on any atom is -0.507 e. The van der Waals surface area contributed by atoms with Gasteiger partial charge in [0.15, 0.2) is 0 Å². The van der Waals surface area contributed by atoms with Gasteiger partial charge in [0.05, 0.1) is 4.90 Å². The molecule has 0 atom stereocenters. The Labute approximate surface area is 131 Å². The third-order valence-electron chi connectivity index (χ3n) is 4.21. The third kappa shape index (κ3) is 2.51. The highest BCUT2D eigenvalue weighted by molar-refractivity contribution is 7.89. The van der Waals surface area contributed by atoms with E-state index >= 15 is 0 Å². The van der Waals surface area contributed by atoms with Gasteiger partial charge >= 0.3 is 0 Å².